The summed E-state index contributed by atoms with van der Waals surface area (Å²) in [7, 11) is 3.18. The van der Waals surface area contributed by atoms with Crippen LogP contribution in [0.15, 0.2) is 65.3 Å². The molecule has 0 amide bonds. The highest BCUT2D eigenvalue weighted by molar-refractivity contribution is 6.00. The molecule has 0 saturated carbocycles. The van der Waals surface area contributed by atoms with Crippen LogP contribution in [0.2, 0.25) is 0 Å². The summed E-state index contributed by atoms with van der Waals surface area (Å²) in [4.78, 5) is 28.7. The highest BCUT2D eigenvalue weighted by Gasteiger charge is 2.44. The van der Waals surface area contributed by atoms with Crippen LogP contribution in [-0.2, 0) is 16.2 Å². The zero-order valence-corrected chi connectivity index (χ0v) is 24.6. The SMILES string of the molecule is COc1ccc(C2C3=C(CC(C)(C)CC3=O)Oc3ncn4nc(CO/N=C(\C)c5ccc(C)cc5)nc4c32)cc1OC. The number of aromatic nitrogens is 4. The van der Waals surface area contributed by atoms with Crippen LogP contribution < -0.4 is 14.2 Å². The maximum absolute atomic E-state index is 13.7. The number of hydrogen-bond donors (Lipinski definition) is 0. The molecule has 0 fully saturated rings. The second-order valence-corrected chi connectivity index (χ2v) is 11.5. The first-order chi connectivity index (χ1) is 20.2. The van der Waals surface area contributed by atoms with E-state index in [4.69, 9.17) is 24.0 Å². The van der Waals surface area contributed by atoms with E-state index in [1.54, 1.807) is 25.1 Å². The summed E-state index contributed by atoms with van der Waals surface area (Å²) in [6.07, 6.45) is 2.60. The normalized spacial score (nSPS) is 17.9. The first kappa shape index (κ1) is 27.4. The summed E-state index contributed by atoms with van der Waals surface area (Å²) in [5.41, 5.74) is 5.32. The highest BCUT2D eigenvalue weighted by atomic mass is 16.6. The standard InChI is InChI=1S/C32H33N5O5/c1-18-7-9-20(10-8-18)19(2)36-41-16-26-34-30-29-27(21-11-12-23(39-5)24(13-21)40-6)28-22(38)14-32(3,4)15-25(28)42-31(29)33-17-37(30)35-26/h7-13,17,27H,14-16H2,1-6H3/b36-19+. The Morgan fingerprint density at radius 1 is 1.10 bits per heavy atom. The number of rotatable bonds is 7. The number of nitrogens with zero attached hydrogens (tertiary/aromatic N) is 5. The lowest BCUT2D eigenvalue weighted by Gasteiger charge is -2.37. The van der Waals surface area contributed by atoms with Gasteiger partial charge in [0.2, 0.25) is 5.88 Å². The molecule has 216 valence electrons. The molecule has 0 spiro atoms. The zero-order chi connectivity index (χ0) is 29.6. The van der Waals surface area contributed by atoms with Crippen LogP contribution in [0.1, 0.15) is 67.6 Å². The monoisotopic (exact) mass is 567 g/mol. The van der Waals surface area contributed by atoms with Gasteiger partial charge in [-0.15, -0.1) is 5.10 Å². The molecule has 10 nitrogen and oxygen atoms in total. The number of carbonyl (C=O) groups excluding carboxylic acids is 1. The van der Waals surface area contributed by atoms with Gasteiger partial charge in [0.05, 0.1) is 31.4 Å². The third kappa shape index (κ3) is 4.97. The number of allylic oxidation sites excluding steroid dienone is 2. The minimum absolute atomic E-state index is 0.0395. The molecule has 1 atom stereocenters. The fourth-order valence-corrected chi connectivity index (χ4v) is 5.65. The minimum Gasteiger partial charge on any atom is -0.493 e. The molecule has 10 heteroatoms. The van der Waals surface area contributed by atoms with Gasteiger partial charge in [0, 0.05) is 18.4 Å². The summed E-state index contributed by atoms with van der Waals surface area (Å²) in [6, 6.07) is 13.7. The number of benzene rings is 2. The fraction of sp³-hybridized carbons (Fsp3) is 0.344. The molecule has 1 unspecified atom stereocenters. The molecule has 6 rings (SSSR count). The lowest BCUT2D eigenvalue weighted by molar-refractivity contribution is -0.118. The van der Waals surface area contributed by atoms with Gasteiger partial charge >= 0.3 is 0 Å². The van der Waals surface area contributed by atoms with Gasteiger partial charge in [-0.2, -0.15) is 0 Å². The summed E-state index contributed by atoms with van der Waals surface area (Å²) in [6.45, 7) is 8.13. The van der Waals surface area contributed by atoms with Gasteiger partial charge in [-0.25, -0.2) is 14.5 Å². The number of ether oxygens (including phenoxy) is 3. The van der Waals surface area contributed by atoms with E-state index in [1.165, 1.54) is 5.56 Å². The van der Waals surface area contributed by atoms with Crippen LogP contribution in [-0.4, -0.2) is 45.3 Å². The molecule has 3 heterocycles. The number of Topliss-reactive ketones (excluding diaryl/α,β-unsaturated/α-hetero) is 1. The molecular formula is C32H33N5O5. The predicted octanol–water partition coefficient (Wildman–Crippen LogP) is 5.56. The summed E-state index contributed by atoms with van der Waals surface area (Å²) < 4.78 is 19.0. The number of fused-ring (bicyclic) bond motifs is 3. The Morgan fingerprint density at radius 3 is 2.60 bits per heavy atom. The van der Waals surface area contributed by atoms with Crippen molar-refractivity contribution in [3.05, 3.63) is 88.2 Å². The minimum atomic E-state index is -0.483. The Hall–Kier alpha value is -4.73. The molecule has 0 radical (unpaired) electrons. The molecule has 0 N–H and O–H groups in total. The second-order valence-electron chi connectivity index (χ2n) is 11.5. The van der Waals surface area contributed by atoms with Gasteiger partial charge in [0.25, 0.3) is 0 Å². The smallest absolute Gasteiger partial charge is 0.228 e. The molecule has 2 aromatic heterocycles. The first-order valence-electron chi connectivity index (χ1n) is 13.8. The van der Waals surface area contributed by atoms with E-state index in [-0.39, 0.29) is 17.8 Å². The molecule has 42 heavy (non-hydrogen) atoms. The Labute approximate surface area is 244 Å². The average molecular weight is 568 g/mol. The van der Waals surface area contributed by atoms with Gasteiger partial charge < -0.3 is 19.0 Å². The van der Waals surface area contributed by atoms with Crippen molar-refractivity contribution < 1.29 is 23.8 Å². The number of ketones is 1. The molecule has 2 aliphatic rings. The molecule has 0 bridgehead atoms. The van der Waals surface area contributed by atoms with Crippen molar-refractivity contribution in [3.63, 3.8) is 0 Å². The van der Waals surface area contributed by atoms with Gasteiger partial charge in [-0.05, 0) is 42.5 Å². The first-order valence-corrected chi connectivity index (χ1v) is 13.8. The fourth-order valence-electron chi connectivity index (χ4n) is 5.65. The van der Waals surface area contributed by atoms with Gasteiger partial charge in [-0.1, -0.05) is 54.9 Å². The van der Waals surface area contributed by atoms with Crippen LogP contribution >= 0.6 is 0 Å². The van der Waals surface area contributed by atoms with E-state index < -0.39 is 5.92 Å². The Morgan fingerprint density at radius 2 is 1.86 bits per heavy atom. The van der Waals surface area contributed by atoms with Crippen molar-refractivity contribution >= 4 is 17.1 Å². The van der Waals surface area contributed by atoms with Crippen molar-refractivity contribution in [3.8, 4) is 17.4 Å². The molecule has 1 aliphatic carbocycles. The van der Waals surface area contributed by atoms with Crippen LogP contribution in [0.3, 0.4) is 0 Å². The Bertz CT molecular complexity index is 1750. The third-order valence-electron chi connectivity index (χ3n) is 7.71. The maximum atomic E-state index is 13.7. The lowest BCUT2D eigenvalue weighted by Crippen LogP contribution is -2.33. The highest BCUT2D eigenvalue weighted by Crippen LogP contribution is 2.51. The third-order valence-corrected chi connectivity index (χ3v) is 7.71. The predicted molar refractivity (Wildman–Crippen MR) is 156 cm³/mol. The largest absolute Gasteiger partial charge is 0.493 e. The van der Waals surface area contributed by atoms with E-state index in [0.717, 1.165) is 16.8 Å². The quantitative estimate of drug-likeness (QED) is 0.211. The van der Waals surface area contributed by atoms with E-state index in [1.807, 2.05) is 56.3 Å². The van der Waals surface area contributed by atoms with E-state index >= 15 is 0 Å². The van der Waals surface area contributed by atoms with Gasteiger partial charge in [0.15, 0.2) is 35.4 Å². The molecule has 2 aromatic carbocycles. The molecule has 0 saturated heterocycles. The van der Waals surface area contributed by atoms with Crippen molar-refractivity contribution in [2.75, 3.05) is 14.2 Å². The van der Waals surface area contributed by atoms with Crippen LogP contribution in [0.5, 0.6) is 17.4 Å². The van der Waals surface area contributed by atoms with E-state index in [2.05, 4.69) is 29.1 Å². The summed E-state index contributed by atoms with van der Waals surface area (Å²) in [5.74, 6) is 2.18. The number of methoxy groups -OCH3 is 2. The topological polar surface area (TPSA) is 109 Å². The van der Waals surface area contributed by atoms with Crippen LogP contribution in [0, 0.1) is 12.3 Å². The molecule has 4 aromatic rings. The van der Waals surface area contributed by atoms with E-state index in [9.17, 15) is 4.79 Å². The molecular weight excluding hydrogens is 534 g/mol. The number of aryl methyl sites for hydroxylation is 1. The lowest BCUT2D eigenvalue weighted by atomic mass is 9.70. The van der Waals surface area contributed by atoms with Crippen molar-refractivity contribution in [1.82, 2.24) is 19.6 Å². The maximum Gasteiger partial charge on any atom is 0.228 e. The van der Waals surface area contributed by atoms with E-state index in [0.29, 0.717) is 58.6 Å². The van der Waals surface area contributed by atoms with Crippen molar-refractivity contribution in [1.29, 1.82) is 0 Å². The average Bonchev–Trinajstić information content (AvgIpc) is 3.38. The Balaban J connectivity index is 1.41. The number of carbonyl (C=O) groups is 1. The van der Waals surface area contributed by atoms with Crippen LogP contribution in [0.4, 0.5) is 0 Å². The zero-order valence-electron chi connectivity index (χ0n) is 24.6. The van der Waals surface area contributed by atoms with Gasteiger partial charge in [0.1, 0.15) is 12.1 Å². The van der Waals surface area contributed by atoms with Gasteiger partial charge in [-0.3, -0.25) is 4.79 Å². The number of oxime groups is 1. The number of hydrogen-bond acceptors (Lipinski definition) is 9. The molecule has 1 aliphatic heterocycles. The Kier molecular flexibility index (Phi) is 6.92. The van der Waals surface area contributed by atoms with Crippen molar-refractivity contribution in [2.45, 2.75) is 53.1 Å². The summed E-state index contributed by atoms with van der Waals surface area (Å²) >= 11 is 0. The van der Waals surface area contributed by atoms with Crippen LogP contribution in [0.25, 0.3) is 5.65 Å². The van der Waals surface area contributed by atoms with Crippen molar-refractivity contribution in [2.24, 2.45) is 10.6 Å². The second kappa shape index (κ2) is 10.6. The summed E-state index contributed by atoms with van der Waals surface area (Å²) in [5, 5.41) is 8.85.